The van der Waals surface area contributed by atoms with Crippen LogP contribution in [0.5, 0.6) is 11.5 Å². The first kappa shape index (κ1) is 15.7. The van der Waals surface area contributed by atoms with Crippen LogP contribution in [-0.2, 0) is 6.54 Å². The van der Waals surface area contributed by atoms with Gasteiger partial charge in [0.25, 0.3) is 0 Å². The maximum atomic E-state index is 12.3. The number of methoxy groups -OCH3 is 1. The minimum Gasteiger partial charge on any atom is -0.493 e. The highest BCUT2D eigenvalue weighted by atomic mass is 19.3. The third-order valence-electron chi connectivity index (χ3n) is 2.50. The molecular weight excluding hydrogens is 254 g/mol. The SMILES string of the molecule is COc1ccc(CN(C)CC(C)N)cc1OC(F)F. The van der Waals surface area contributed by atoms with E-state index >= 15 is 0 Å². The van der Waals surface area contributed by atoms with Gasteiger partial charge < -0.3 is 20.1 Å². The van der Waals surface area contributed by atoms with Crippen molar-refractivity contribution < 1.29 is 18.3 Å². The van der Waals surface area contributed by atoms with Crippen molar-refractivity contribution in [3.8, 4) is 11.5 Å². The standard InChI is InChI=1S/C13H20F2N2O2/c1-9(16)7-17(2)8-10-4-5-11(18-3)12(6-10)19-13(14)15/h4-6,9,13H,7-8,16H2,1-3H3. The van der Waals surface area contributed by atoms with Gasteiger partial charge in [0, 0.05) is 19.1 Å². The van der Waals surface area contributed by atoms with Crippen molar-refractivity contribution in [2.24, 2.45) is 5.73 Å². The molecule has 1 unspecified atom stereocenters. The molecule has 0 saturated carbocycles. The molecule has 0 saturated heterocycles. The summed E-state index contributed by atoms with van der Waals surface area (Å²) in [7, 11) is 3.33. The van der Waals surface area contributed by atoms with Crippen LogP contribution in [0.25, 0.3) is 0 Å². The van der Waals surface area contributed by atoms with Gasteiger partial charge in [-0.1, -0.05) is 6.07 Å². The maximum absolute atomic E-state index is 12.3. The average Bonchev–Trinajstić information content (AvgIpc) is 2.27. The summed E-state index contributed by atoms with van der Waals surface area (Å²) in [6.45, 7) is 0.365. The summed E-state index contributed by atoms with van der Waals surface area (Å²) in [5, 5.41) is 0. The van der Waals surface area contributed by atoms with Gasteiger partial charge in [-0.3, -0.25) is 0 Å². The quantitative estimate of drug-likeness (QED) is 0.827. The summed E-state index contributed by atoms with van der Waals surface area (Å²) >= 11 is 0. The third kappa shape index (κ3) is 5.40. The van der Waals surface area contributed by atoms with Crippen LogP contribution in [0.2, 0.25) is 0 Å². The summed E-state index contributed by atoms with van der Waals surface area (Å²) in [6, 6.07) is 5.05. The van der Waals surface area contributed by atoms with Crippen LogP contribution in [-0.4, -0.2) is 38.3 Å². The largest absolute Gasteiger partial charge is 0.493 e. The number of benzene rings is 1. The maximum Gasteiger partial charge on any atom is 0.387 e. The van der Waals surface area contributed by atoms with Gasteiger partial charge in [-0.15, -0.1) is 0 Å². The minimum atomic E-state index is -2.87. The predicted octanol–water partition coefficient (Wildman–Crippen LogP) is 2.08. The molecule has 0 aliphatic carbocycles. The molecule has 0 spiro atoms. The van der Waals surface area contributed by atoms with Crippen LogP contribution >= 0.6 is 0 Å². The van der Waals surface area contributed by atoms with Crippen molar-refractivity contribution in [1.29, 1.82) is 0 Å². The zero-order valence-corrected chi connectivity index (χ0v) is 11.4. The van der Waals surface area contributed by atoms with Crippen LogP contribution < -0.4 is 15.2 Å². The Balaban J connectivity index is 2.79. The topological polar surface area (TPSA) is 47.7 Å². The lowest BCUT2D eigenvalue weighted by atomic mass is 10.2. The summed E-state index contributed by atoms with van der Waals surface area (Å²) < 4.78 is 34.0. The van der Waals surface area contributed by atoms with Crippen molar-refractivity contribution in [2.75, 3.05) is 20.7 Å². The molecule has 19 heavy (non-hydrogen) atoms. The normalized spacial score (nSPS) is 12.8. The van der Waals surface area contributed by atoms with Crippen molar-refractivity contribution in [1.82, 2.24) is 4.90 Å². The van der Waals surface area contributed by atoms with Crippen LogP contribution in [0, 0.1) is 0 Å². The summed E-state index contributed by atoms with van der Waals surface area (Å²) in [5.41, 5.74) is 6.56. The van der Waals surface area contributed by atoms with Gasteiger partial charge in [-0.05, 0) is 31.7 Å². The molecule has 108 valence electrons. The van der Waals surface area contributed by atoms with Gasteiger partial charge >= 0.3 is 6.61 Å². The van der Waals surface area contributed by atoms with E-state index in [9.17, 15) is 8.78 Å². The number of rotatable bonds is 7. The van der Waals surface area contributed by atoms with Crippen molar-refractivity contribution in [2.45, 2.75) is 26.1 Å². The summed E-state index contributed by atoms with van der Waals surface area (Å²) in [4.78, 5) is 2.01. The molecule has 0 fully saturated rings. The Morgan fingerprint density at radius 1 is 1.32 bits per heavy atom. The molecule has 0 aliphatic heterocycles. The number of likely N-dealkylation sites (N-methyl/N-ethyl adjacent to an activating group) is 1. The highest BCUT2D eigenvalue weighted by Gasteiger charge is 2.12. The molecule has 0 radical (unpaired) electrons. The zero-order chi connectivity index (χ0) is 14.4. The Labute approximate surface area is 112 Å². The average molecular weight is 274 g/mol. The first-order valence-electron chi connectivity index (χ1n) is 5.98. The first-order chi connectivity index (χ1) is 8.92. The lowest BCUT2D eigenvalue weighted by molar-refractivity contribution is -0.0512. The second-order valence-electron chi connectivity index (χ2n) is 4.54. The van der Waals surface area contributed by atoms with E-state index in [0.717, 1.165) is 12.1 Å². The molecule has 0 aromatic heterocycles. The Hall–Kier alpha value is -1.40. The van der Waals surface area contributed by atoms with Crippen LogP contribution in [0.1, 0.15) is 12.5 Å². The Kier molecular flexibility index (Phi) is 5.98. The summed E-state index contributed by atoms with van der Waals surface area (Å²) in [6.07, 6.45) is 0. The predicted molar refractivity (Wildman–Crippen MR) is 69.6 cm³/mol. The zero-order valence-electron chi connectivity index (χ0n) is 11.4. The van der Waals surface area contributed by atoms with E-state index in [2.05, 4.69) is 4.74 Å². The molecule has 1 rings (SSSR count). The van der Waals surface area contributed by atoms with Gasteiger partial charge in [0.15, 0.2) is 11.5 Å². The Morgan fingerprint density at radius 2 is 2.00 bits per heavy atom. The number of hydrogen-bond acceptors (Lipinski definition) is 4. The molecule has 2 N–H and O–H groups in total. The molecule has 4 nitrogen and oxygen atoms in total. The van der Waals surface area contributed by atoms with E-state index in [1.165, 1.54) is 7.11 Å². The van der Waals surface area contributed by atoms with Gasteiger partial charge in [0.05, 0.1) is 7.11 Å². The van der Waals surface area contributed by atoms with Crippen molar-refractivity contribution >= 4 is 0 Å². The highest BCUT2D eigenvalue weighted by molar-refractivity contribution is 5.42. The van der Waals surface area contributed by atoms with Gasteiger partial charge in [-0.25, -0.2) is 0 Å². The molecule has 1 atom stereocenters. The smallest absolute Gasteiger partial charge is 0.387 e. The second-order valence-corrected chi connectivity index (χ2v) is 4.54. The van der Waals surface area contributed by atoms with Gasteiger partial charge in [0.1, 0.15) is 0 Å². The van der Waals surface area contributed by atoms with E-state index in [1.54, 1.807) is 12.1 Å². The molecule has 6 heteroatoms. The molecule has 1 aromatic rings. The van der Waals surface area contributed by atoms with Gasteiger partial charge in [0.2, 0.25) is 0 Å². The molecule has 0 bridgehead atoms. The summed E-state index contributed by atoms with van der Waals surface area (Å²) in [5.74, 6) is 0.336. The van der Waals surface area contributed by atoms with Crippen LogP contribution in [0.3, 0.4) is 0 Å². The van der Waals surface area contributed by atoms with Crippen molar-refractivity contribution in [3.05, 3.63) is 23.8 Å². The fourth-order valence-corrected chi connectivity index (χ4v) is 1.88. The monoisotopic (exact) mass is 274 g/mol. The first-order valence-corrected chi connectivity index (χ1v) is 5.98. The number of nitrogens with zero attached hydrogens (tertiary/aromatic N) is 1. The highest BCUT2D eigenvalue weighted by Crippen LogP contribution is 2.29. The van der Waals surface area contributed by atoms with Gasteiger partial charge in [-0.2, -0.15) is 8.78 Å². The van der Waals surface area contributed by atoms with E-state index in [1.807, 2.05) is 24.9 Å². The van der Waals surface area contributed by atoms with Crippen molar-refractivity contribution in [3.63, 3.8) is 0 Å². The van der Waals surface area contributed by atoms with E-state index in [-0.39, 0.29) is 11.8 Å². The third-order valence-corrected chi connectivity index (χ3v) is 2.50. The second kappa shape index (κ2) is 7.25. The molecule has 1 aromatic carbocycles. The van der Waals surface area contributed by atoms with Crippen LogP contribution in [0.4, 0.5) is 8.78 Å². The minimum absolute atomic E-state index is 0.0456. The number of alkyl halides is 2. The van der Waals surface area contributed by atoms with Crippen LogP contribution in [0.15, 0.2) is 18.2 Å². The molecule has 0 amide bonds. The fourth-order valence-electron chi connectivity index (χ4n) is 1.88. The number of nitrogens with two attached hydrogens (primary N) is 1. The van der Waals surface area contributed by atoms with E-state index < -0.39 is 6.61 Å². The lowest BCUT2D eigenvalue weighted by Crippen LogP contribution is -2.32. The Morgan fingerprint density at radius 3 is 2.53 bits per heavy atom. The molecule has 0 aliphatic rings. The number of halogens is 2. The van der Waals surface area contributed by atoms with E-state index in [0.29, 0.717) is 12.3 Å². The lowest BCUT2D eigenvalue weighted by Gasteiger charge is -2.19. The Bertz CT molecular complexity index is 400. The number of hydrogen-bond donors (Lipinski definition) is 1. The molecular formula is C13H20F2N2O2. The molecule has 0 heterocycles. The fraction of sp³-hybridized carbons (Fsp3) is 0.538. The number of ether oxygens (including phenoxy) is 2. The van der Waals surface area contributed by atoms with E-state index in [4.69, 9.17) is 10.5 Å².